The highest BCUT2D eigenvalue weighted by molar-refractivity contribution is 7.12. The SMILES string of the molecule is Cc1cc(C(C)NC(=O)Nc2cccc(-n3cccn3)c2)c(C)s1. The van der Waals surface area contributed by atoms with E-state index in [1.165, 1.54) is 9.75 Å². The summed E-state index contributed by atoms with van der Waals surface area (Å²) >= 11 is 1.75. The summed E-state index contributed by atoms with van der Waals surface area (Å²) in [5, 5.41) is 10.1. The van der Waals surface area contributed by atoms with Gasteiger partial charge in [-0.05, 0) is 56.7 Å². The first kappa shape index (κ1) is 16.3. The molecule has 0 aliphatic carbocycles. The van der Waals surface area contributed by atoms with E-state index >= 15 is 0 Å². The minimum atomic E-state index is -0.219. The van der Waals surface area contributed by atoms with Crippen molar-refractivity contribution in [1.29, 1.82) is 0 Å². The predicted octanol–water partition coefficient (Wildman–Crippen LogP) is 4.43. The highest BCUT2D eigenvalue weighted by Gasteiger charge is 2.14. The van der Waals surface area contributed by atoms with Crippen LogP contribution in [-0.2, 0) is 0 Å². The fourth-order valence-electron chi connectivity index (χ4n) is 2.67. The van der Waals surface area contributed by atoms with Crippen LogP contribution < -0.4 is 10.6 Å². The maximum atomic E-state index is 12.3. The van der Waals surface area contributed by atoms with Crippen molar-refractivity contribution in [2.45, 2.75) is 26.8 Å². The Hall–Kier alpha value is -2.60. The van der Waals surface area contributed by atoms with Gasteiger partial charge in [-0.3, -0.25) is 0 Å². The zero-order valence-corrected chi connectivity index (χ0v) is 14.7. The van der Waals surface area contributed by atoms with Gasteiger partial charge in [0, 0.05) is 27.8 Å². The van der Waals surface area contributed by atoms with E-state index in [1.807, 2.05) is 43.5 Å². The molecule has 2 aromatic heterocycles. The molecule has 1 atom stereocenters. The number of nitrogens with one attached hydrogen (secondary N) is 2. The van der Waals surface area contributed by atoms with Gasteiger partial charge < -0.3 is 10.6 Å². The standard InChI is InChI=1S/C18H20N4OS/c1-12-10-17(14(3)24-12)13(2)20-18(23)21-15-6-4-7-16(11-15)22-9-5-8-19-22/h4-11,13H,1-3H3,(H2,20,21,23). The summed E-state index contributed by atoms with van der Waals surface area (Å²) in [6.45, 7) is 6.15. The van der Waals surface area contributed by atoms with Crippen molar-refractivity contribution in [3.8, 4) is 5.69 Å². The molecule has 124 valence electrons. The molecule has 1 aromatic carbocycles. The molecule has 0 fully saturated rings. The van der Waals surface area contributed by atoms with Crippen LogP contribution in [-0.4, -0.2) is 15.8 Å². The van der Waals surface area contributed by atoms with Gasteiger partial charge >= 0.3 is 6.03 Å². The summed E-state index contributed by atoms with van der Waals surface area (Å²) in [6.07, 6.45) is 3.59. The molecule has 0 aliphatic heterocycles. The highest BCUT2D eigenvalue weighted by Crippen LogP contribution is 2.26. The Kier molecular flexibility index (Phi) is 4.66. The van der Waals surface area contributed by atoms with Crippen LogP contribution >= 0.6 is 11.3 Å². The number of thiophene rings is 1. The van der Waals surface area contributed by atoms with E-state index in [9.17, 15) is 4.79 Å². The van der Waals surface area contributed by atoms with E-state index in [1.54, 1.807) is 22.2 Å². The topological polar surface area (TPSA) is 59.0 Å². The average Bonchev–Trinajstić information content (AvgIpc) is 3.17. The van der Waals surface area contributed by atoms with Crippen LogP contribution in [0.1, 0.15) is 28.3 Å². The van der Waals surface area contributed by atoms with Crippen molar-refractivity contribution in [3.05, 3.63) is 64.1 Å². The first-order chi connectivity index (χ1) is 11.5. The number of rotatable bonds is 4. The number of urea groups is 1. The molecular formula is C18H20N4OS. The van der Waals surface area contributed by atoms with Crippen LogP contribution in [0, 0.1) is 13.8 Å². The number of hydrogen-bond acceptors (Lipinski definition) is 3. The zero-order valence-electron chi connectivity index (χ0n) is 13.9. The second-order valence-corrected chi connectivity index (χ2v) is 7.15. The molecule has 2 heterocycles. The lowest BCUT2D eigenvalue weighted by molar-refractivity contribution is 0.249. The second-order valence-electron chi connectivity index (χ2n) is 5.69. The van der Waals surface area contributed by atoms with Crippen LogP contribution in [0.4, 0.5) is 10.5 Å². The number of carbonyl (C=O) groups excluding carboxylic acids is 1. The Morgan fingerprint density at radius 2 is 2.08 bits per heavy atom. The van der Waals surface area contributed by atoms with Crippen LogP contribution in [0.2, 0.25) is 0 Å². The Labute approximate surface area is 145 Å². The molecule has 0 spiro atoms. The minimum absolute atomic E-state index is 0.0377. The molecule has 1 unspecified atom stereocenters. The van der Waals surface area contributed by atoms with E-state index in [4.69, 9.17) is 0 Å². The van der Waals surface area contributed by atoms with Crippen LogP contribution in [0.5, 0.6) is 0 Å². The Bertz CT molecular complexity index is 839. The van der Waals surface area contributed by atoms with Gasteiger partial charge in [0.15, 0.2) is 0 Å². The van der Waals surface area contributed by atoms with E-state index in [-0.39, 0.29) is 12.1 Å². The van der Waals surface area contributed by atoms with E-state index in [0.717, 1.165) is 16.9 Å². The molecule has 0 bridgehead atoms. The first-order valence-corrected chi connectivity index (χ1v) is 8.59. The number of benzene rings is 1. The average molecular weight is 340 g/mol. The van der Waals surface area contributed by atoms with Gasteiger partial charge in [-0.15, -0.1) is 11.3 Å². The van der Waals surface area contributed by atoms with Crippen LogP contribution in [0.15, 0.2) is 48.8 Å². The highest BCUT2D eigenvalue weighted by atomic mass is 32.1. The molecule has 2 N–H and O–H groups in total. The lowest BCUT2D eigenvalue weighted by Crippen LogP contribution is -2.31. The molecule has 3 aromatic rings. The van der Waals surface area contributed by atoms with Gasteiger partial charge in [-0.25, -0.2) is 9.48 Å². The smallest absolute Gasteiger partial charge is 0.319 e. The number of nitrogens with zero attached hydrogens (tertiary/aromatic N) is 2. The number of anilines is 1. The third kappa shape index (κ3) is 3.65. The molecule has 5 nitrogen and oxygen atoms in total. The van der Waals surface area contributed by atoms with Gasteiger partial charge in [0.2, 0.25) is 0 Å². The van der Waals surface area contributed by atoms with Crippen LogP contribution in [0.25, 0.3) is 5.69 Å². The second kappa shape index (κ2) is 6.88. The van der Waals surface area contributed by atoms with Crippen LogP contribution in [0.3, 0.4) is 0 Å². The molecule has 0 aliphatic rings. The third-order valence-electron chi connectivity index (χ3n) is 3.77. The molecule has 24 heavy (non-hydrogen) atoms. The van der Waals surface area contributed by atoms with Gasteiger partial charge in [0.25, 0.3) is 0 Å². The summed E-state index contributed by atoms with van der Waals surface area (Å²) in [7, 11) is 0. The maximum absolute atomic E-state index is 12.3. The normalized spacial score (nSPS) is 12.0. The molecule has 3 rings (SSSR count). The molecule has 2 amide bonds. The van der Waals surface area contributed by atoms with Crippen molar-refractivity contribution in [2.75, 3.05) is 5.32 Å². The molecular weight excluding hydrogens is 320 g/mol. The Morgan fingerprint density at radius 1 is 1.25 bits per heavy atom. The van der Waals surface area contributed by atoms with Gasteiger partial charge in [-0.1, -0.05) is 6.07 Å². The first-order valence-electron chi connectivity index (χ1n) is 7.77. The van der Waals surface area contributed by atoms with E-state index < -0.39 is 0 Å². The number of hydrogen-bond donors (Lipinski definition) is 2. The number of amides is 2. The molecule has 0 saturated carbocycles. The third-order valence-corrected chi connectivity index (χ3v) is 4.75. The summed E-state index contributed by atoms with van der Waals surface area (Å²) in [5.41, 5.74) is 2.79. The summed E-state index contributed by atoms with van der Waals surface area (Å²) in [4.78, 5) is 14.8. The Balaban J connectivity index is 1.67. The van der Waals surface area contributed by atoms with Crippen molar-refractivity contribution in [2.24, 2.45) is 0 Å². The monoisotopic (exact) mass is 340 g/mol. The molecule has 0 radical (unpaired) electrons. The maximum Gasteiger partial charge on any atom is 0.319 e. The van der Waals surface area contributed by atoms with Gasteiger partial charge in [0.05, 0.1) is 11.7 Å². The minimum Gasteiger partial charge on any atom is -0.331 e. The van der Waals surface area contributed by atoms with Crippen molar-refractivity contribution in [1.82, 2.24) is 15.1 Å². The number of aromatic nitrogens is 2. The molecule has 6 heteroatoms. The largest absolute Gasteiger partial charge is 0.331 e. The summed E-state index contributed by atoms with van der Waals surface area (Å²) in [6, 6.07) is 11.3. The zero-order chi connectivity index (χ0) is 17.1. The van der Waals surface area contributed by atoms with Gasteiger partial charge in [-0.2, -0.15) is 5.10 Å². The van der Waals surface area contributed by atoms with Gasteiger partial charge in [0.1, 0.15) is 0 Å². The Morgan fingerprint density at radius 3 is 2.75 bits per heavy atom. The van der Waals surface area contributed by atoms with Crippen molar-refractivity contribution in [3.63, 3.8) is 0 Å². The lowest BCUT2D eigenvalue weighted by Gasteiger charge is -2.15. The fraction of sp³-hybridized carbons (Fsp3) is 0.222. The number of aryl methyl sites for hydroxylation is 2. The van der Waals surface area contributed by atoms with E-state index in [2.05, 4.69) is 35.6 Å². The van der Waals surface area contributed by atoms with Crippen molar-refractivity contribution < 1.29 is 4.79 Å². The summed E-state index contributed by atoms with van der Waals surface area (Å²) < 4.78 is 1.75. The fourth-order valence-corrected chi connectivity index (χ4v) is 3.69. The number of carbonyl (C=O) groups is 1. The quantitative estimate of drug-likeness (QED) is 0.738. The predicted molar refractivity (Wildman–Crippen MR) is 97.9 cm³/mol. The lowest BCUT2D eigenvalue weighted by atomic mass is 10.1. The van der Waals surface area contributed by atoms with Crippen molar-refractivity contribution >= 4 is 23.1 Å². The molecule has 0 saturated heterocycles. The van der Waals surface area contributed by atoms with E-state index in [0.29, 0.717) is 0 Å². The summed E-state index contributed by atoms with van der Waals surface area (Å²) in [5.74, 6) is 0.